The number of amides is 3. The molecule has 10 nitrogen and oxygen atoms in total. The lowest BCUT2D eigenvalue weighted by Gasteiger charge is -2.32. The van der Waals surface area contributed by atoms with Gasteiger partial charge < -0.3 is 35.2 Å². The van der Waals surface area contributed by atoms with E-state index in [1.165, 1.54) is 11.3 Å². The Morgan fingerprint density at radius 1 is 0.911 bits per heavy atom. The minimum atomic E-state index is -0.314. The summed E-state index contributed by atoms with van der Waals surface area (Å²) in [6.07, 6.45) is 3.79. The van der Waals surface area contributed by atoms with E-state index in [1.807, 2.05) is 36.1 Å². The van der Waals surface area contributed by atoms with Crippen LogP contribution in [-0.2, 0) is 4.79 Å². The van der Waals surface area contributed by atoms with Crippen molar-refractivity contribution in [3.63, 3.8) is 0 Å². The number of hydrogen-bond donors (Lipinski definition) is 2. The Balaban J connectivity index is 1.29. The molecule has 4 rings (SSSR count). The van der Waals surface area contributed by atoms with E-state index in [-0.39, 0.29) is 17.7 Å². The summed E-state index contributed by atoms with van der Waals surface area (Å²) in [5.74, 6) is 0.837. The molecule has 0 spiro atoms. The van der Waals surface area contributed by atoms with Gasteiger partial charge in [0, 0.05) is 39.6 Å². The number of nitrogens with one attached hydrogen (secondary N) is 1. The highest BCUT2D eigenvalue weighted by molar-refractivity contribution is 7.18. The number of rotatable bonds is 15. The molecule has 0 unspecified atom stereocenters. The Morgan fingerprint density at radius 3 is 2.42 bits per heavy atom. The first-order chi connectivity index (χ1) is 21.8. The number of benzene rings is 2. The fraction of sp³-hybridized carbons (Fsp3) is 0.441. The number of piperazine rings is 1. The summed E-state index contributed by atoms with van der Waals surface area (Å²) in [6, 6.07) is 16.2. The lowest BCUT2D eigenvalue weighted by Crippen LogP contribution is -2.47. The molecule has 0 bridgehead atoms. The number of para-hydroxylation sites is 1. The molecule has 2 aromatic carbocycles. The Hall–Kier alpha value is -3.93. The summed E-state index contributed by atoms with van der Waals surface area (Å²) in [6.45, 7) is 6.89. The van der Waals surface area contributed by atoms with E-state index >= 15 is 0 Å². The second kappa shape index (κ2) is 17.0. The molecule has 0 radical (unpaired) electrons. The van der Waals surface area contributed by atoms with Crippen molar-refractivity contribution in [1.82, 2.24) is 9.80 Å². The van der Waals surface area contributed by atoms with Crippen LogP contribution in [0.5, 0.6) is 11.5 Å². The Labute approximate surface area is 270 Å². The maximum Gasteiger partial charge on any atom is 0.268 e. The zero-order valence-electron chi connectivity index (χ0n) is 26.5. The molecule has 2 heterocycles. The largest absolute Gasteiger partial charge is 0.493 e. The van der Waals surface area contributed by atoms with Gasteiger partial charge in [-0.05, 0) is 88.2 Å². The van der Waals surface area contributed by atoms with Gasteiger partial charge in [-0.25, -0.2) is 0 Å². The Morgan fingerprint density at radius 2 is 1.64 bits per heavy atom. The second-order valence-electron chi connectivity index (χ2n) is 11.3. The molecule has 45 heavy (non-hydrogen) atoms. The van der Waals surface area contributed by atoms with Gasteiger partial charge in [0.2, 0.25) is 5.91 Å². The second-order valence-corrected chi connectivity index (χ2v) is 12.4. The summed E-state index contributed by atoms with van der Waals surface area (Å²) in [7, 11) is 3.80. The van der Waals surface area contributed by atoms with E-state index in [0.29, 0.717) is 65.2 Å². The van der Waals surface area contributed by atoms with Crippen LogP contribution in [0.2, 0.25) is 0 Å². The minimum Gasteiger partial charge on any atom is -0.493 e. The molecule has 242 valence electrons. The monoisotopic (exact) mass is 635 g/mol. The molecule has 1 fully saturated rings. The number of nitrogens with zero attached hydrogens (tertiary/aromatic N) is 3. The van der Waals surface area contributed by atoms with Crippen LogP contribution in [-0.4, -0.2) is 87.6 Å². The fourth-order valence-corrected chi connectivity index (χ4v) is 5.86. The van der Waals surface area contributed by atoms with Crippen LogP contribution in [0.4, 0.5) is 10.7 Å². The number of aryl methyl sites for hydroxylation is 1. The van der Waals surface area contributed by atoms with Crippen molar-refractivity contribution in [3.05, 3.63) is 70.6 Å². The first-order valence-electron chi connectivity index (χ1n) is 15.6. The van der Waals surface area contributed by atoms with Crippen LogP contribution in [0.1, 0.15) is 57.7 Å². The molecular weight excluding hydrogens is 590 g/mol. The predicted octanol–water partition coefficient (Wildman–Crippen LogP) is 5.03. The number of anilines is 2. The summed E-state index contributed by atoms with van der Waals surface area (Å²) >= 11 is 1.21. The molecule has 3 amide bonds. The molecule has 11 heteroatoms. The number of carbonyl (C=O) groups excluding carboxylic acids is 3. The lowest BCUT2D eigenvalue weighted by atomic mass is 10.1. The first-order valence-corrected chi connectivity index (χ1v) is 16.4. The molecule has 1 aliphatic heterocycles. The highest BCUT2D eigenvalue weighted by atomic mass is 32.1. The lowest BCUT2D eigenvalue weighted by molar-refractivity contribution is -0.132. The van der Waals surface area contributed by atoms with E-state index in [2.05, 4.69) is 17.3 Å². The average molecular weight is 636 g/mol. The van der Waals surface area contributed by atoms with Crippen LogP contribution < -0.4 is 25.4 Å². The molecule has 1 saturated heterocycles. The summed E-state index contributed by atoms with van der Waals surface area (Å²) < 4.78 is 11.9. The molecular formula is C34H45N5O5S. The zero-order valence-corrected chi connectivity index (χ0v) is 27.4. The normalized spacial score (nSPS) is 13.4. The van der Waals surface area contributed by atoms with Crippen LogP contribution in [0.3, 0.4) is 0 Å². The Bertz CT molecular complexity index is 1440. The van der Waals surface area contributed by atoms with Crippen molar-refractivity contribution < 1.29 is 23.9 Å². The van der Waals surface area contributed by atoms with Gasteiger partial charge in [-0.2, -0.15) is 0 Å². The number of likely N-dealkylation sites (N-methyl/N-ethyl adjacent to an activating group) is 1. The molecule has 3 aromatic rings. The summed E-state index contributed by atoms with van der Waals surface area (Å²) in [5, 5.41) is 3.44. The van der Waals surface area contributed by atoms with Gasteiger partial charge in [0.05, 0.1) is 34.3 Å². The highest BCUT2D eigenvalue weighted by Crippen LogP contribution is 2.32. The standard InChI is InChI=1S/C34H45N5O5S/c1-25-13-14-27(29(24-25)44-22-8-4-5-12-32(40)39-20-18-37(2)19-21-39)38(3)34(42)30-15-16-31(45-30)36-33(41)26-10-6-7-11-28(26)43-23-9-17-35/h6-7,10-11,13-16,24H,4-5,8-9,12,17-23,35H2,1-3H3,(H,36,41). The third-order valence-electron chi connectivity index (χ3n) is 7.72. The van der Waals surface area contributed by atoms with Gasteiger partial charge >= 0.3 is 0 Å². The zero-order chi connectivity index (χ0) is 32.2. The fourth-order valence-electron chi connectivity index (χ4n) is 4.98. The van der Waals surface area contributed by atoms with Crippen molar-refractivity contribution in [3.8, 4) is 11.5 Å². The SMILES string of the molecule is Cc1ccc(N(C)C(=O)c2ccc(NC(=O)c3ccccc3OCCCN)s2)c(OCCCCCC(=O)N2CCN(C)CC2)c1. The Kier molecular flexibility index (Phi) is 12.8. The number of carbonyl (C=O) groups is 3. The third kappa shape index (κ3) is 9.78. The van der Waals surface area contributed by atoms with Crippen molar-refractivity contribution in [1.29, 1.82) is 0 Å². The van der Waals surface area contributed by atoms with Crippen LogP contribution in [0.25, 0.3) is 0 Å². The maximum absolute atomic E-state index is 13.5. The van der Waals surface area contributed by atoms with E-state index in [0.717, 1.165) is 51.0 Å². The number of unbranched alkanes of at least 4 members (excludes halogenated alkanes) is 2. The quantitative estimate of drug-likeness (QED) is 0.225. The molecule has 3 N–H and O–H groups in total. The van der Waals surface area contributed by atoms with Crippen molar-refractivity contribution in [2.45, 2.75) is 39.0 Å². The third-order valence-corrected chi connectivity index (χ3v) is 8.71. The van der Waals surface area contributed by atoms with Gasteiger partial charge in [0.25, 0.3) is 11.8 Å². The number of thiophene rings is 1. The van der Waals surface area contributed by atoms with Crippen molar-refractivity contribution in [2.75, 3.05) is 70.2 Å². The van der Waals surface area contributed by atoms with Crippen molar-refractivity contribution in [2.24, 2.45) is 5.73 Å². The van der Waals surface area contributed by atoms with Crippen LogP contribution in [0, 0.1) is 6.92 Å². The number of hydrogen-bond acceptors (Lipinski definition) is 8. The van der Waals surface area contributed by atoms with E-state index in [9.17, 15) is 14.4 Å². The van der Waals surface area contributed by atoms with E-state index < -0.39 is 0 Å². The van der Waals surface area contributed by atoms with Gasteiger partial charge in [0.15, 0.2) is 0 Å². The maximum atomic E-state index is 13.5. The highest BCUT2D eigenvalue weighted by Gasteiger charge is 2.21. The topological polar surface area (TPSA) is 117 Å². The smallest absolute Gasteiger partial charge is 0.268 e. The van der Waals surface area contributed by atoms with Gasteiger partial charge in [0.1, 0.15) is 11.5 Å². The number of ether oxygens (including phenoxy) is 2. The van der Waals surface area contributed by atoms with Gasteiger partial charge in [-0.15, -0.1) is 11.3 Å². The first kappa shape index (κ1) is 34.0. The van der Waals surface area contributed by atoms with E-state index in [4.69, 9.17) is 15.2 Å². The molecule has 0 atom stereocenters. The molecule has 0 saturated carbocycles. The van der Waals surface area contributed by atoms with Crippen LogP contribution in [0.15, 0.2) is 54.6 Å². The van der Waals surface area contributed by atoms with Gasteiger partial charge in [-0.1, -0.05) is 18.2 Å². The summed E-state index contributed by atoms with van der Waals surface area (Å²) in [4.78, 5) is 45.2. The predicted molar refractivity (Wildman–Crippen MR) is 180 cm³/mol. The van der Waals surface area contributed by atoms with Gasteiger partial charge in [-0.3, -0.25) is 14.4 Å². The minimum absolute atomic E-state index is 0.206. The molecule has 0 aliphatic carbocycles. The molecule has 1 aromatic heterocycles. The molecule has 1 aliphatic rings. The number of nitrogens with two attached hydrogens (primary N) is 1. The summed E-state index contributed by atoms with van der Waals surface area (Å²) in [5.41, 5.74) is 7.66. The average Bonchev–Trinajstić information content (AvgIpc) is 3.51. The van der Waals surface area contributed by atoms with Crippen LogP contribution >= 0.6 is 11.3 Å². The van der Waals surface area contributed by atoms with E-state index in [1.54, 1.807) is 42.3 Å². The van der Waals surface area contributed by atoms with Crippen molar-refractivity contribution >= 4 is 39.7 Å².